The van der Waals surface area contributed by atoms with Crippen molar-refractivity contribution in [2.75, 3.05) is 18.8 Å². The highest BCUT2D eigenvalue weighted by molar-refractivity contribution is 7.99. The second-order valence-electron chi connectivity index (χ2n) is 5.85. The molecule has 0 aliphatic carbocycles. The van der Waals surface area contributed by atoms with E-state index in [9.17, 15) is 0 Å². The van der Waals surface area contributed by atoms with Crippen LogP contribution in [0.2, 0.25) is 0 Å². The molecule has 3 unspecified atom stereocenters. The average molecular weight is 230 g/mol. The lowest BCUT2D eigenvalue weighted by atomic mass is 9.81. The molecule has 0 amide bonds. The minimum absolute atomic E-state index is 0.250. The molecule has 90 valence electrons. The van der Waals surface area contributed by atoms with E-state index in [0.29, 0.717) is 6.04 Å². The highest BCUT2D eigenvalue weighted by atomic mass is 32.2. The van der Waals surface area contributed by atoms with E-state index in [1.807, 2.05) is 0 Å². The van der Waals surface area contributed by atoms with Crippen LogP contribution in [0.25, 0.3) is 0 Å². The normalized spacial score (nSPS) is 28.8. The average Bonchev–Trinajstić information content (AvgIpc) is 1.99. The van der Waals surface area contributed by atoms with Crippen molar-refractivity contribution in [1.82, 2.24) is 4.90 Å². The first kappa shape index (κ1) is 13.3. The van der Waals surface area contributed by atoms with Crippen LogP contribution in [0.1, 0.15) is 34.6 Å². The molecule has 1 aliphatic rings. The van der Waals surface area contributed by atoms with E-state index in [2.05, 4.69) is 51.3 Å². The topological polar surface area (TPSA) is 29.3 Å². The van der Waals surface area contributed by atoms with Gasteiger partial charge in [-0.15, -0.1) is 0 Å². The Balaban J connectivity index is 2.71. The number of rotatable bonds is 2. The summed E-state index contributed by atoms with van der Waals surface area (Å²) in [5, 5.41) is 0.752. The van der Waals surface area contributed by atoms with Crippen LogP contribution in [0.3, 0.4) is 0 Å². The molecule has 3 atom stereocenters. The highest BCUT2D eigenvalue weighted by Gasteiger charge is 2.34. The Labute approximate surface area is 99.0 Å². The maximum Gasteiger partial charge on any atom is 0.0293 e. The second-order valence-corrected chi connectivity index (χ2v) is 7.39. The van der Waals surface area contributed by atoms with Gasteiger partial charge in [-0.3, -0.25) is 4.90 Å². The lowest BCUT2D eigenvalue weighted by Crippen LogP contribution is -2.56. The molecule has 0 saturated carbocycles. The maximum absolute atomic E-state index is 6.15. The molecule has 2 nitrogen and oxygen atoms in total. The Kier molecular flexibility index (Phi) is 4.50. The number of hydrogen-bond acceptors (Lipinski definition) is 3. The van der Waals surface area contributed by atoms with Gasteiger partial charge in [-0.05, 0) is 12.3 Å². The zero-order valence-corrected chi connectivity index (χ0v) is 11.6. The van der Waals surface area contributed by atoms with Gasteiger partial charge in [0.15, 0.2) is 0 Å². The van der Waals surface area contributed by atoms with Crippen molar-refractivity contribution in [3.63, 3.8) is 0 Å². The van der Waals surface area contributed by atoms with Gasteiger partial charge in [0.2, 0.25) is 0 Å². The third-order valence-corrected chi connectivity index (χ3v) is 4.19. The van der Waals surface area contributed by atoms with Gasteiger partial charge in [0.1, 0.15) is 0 Å². The van der Waals surface area contributed by atoms with Crippen LogP contribution < -0.4 is 5.73 Å². The van der Waals surface area contributed by atoms with Crippen molar-refractivity contribution >= 4 is 11.8 Å². The van der Waals surface area contributed by atoms with Crippen LogP contribution >= 0.6 is 11.8 Å². The first-order chi connectivity index (χ1) is 6.82. The Morgan fingerprint density at radius 2 is 2.00 bits per heavy atom. The van der Waals surface area contributed by atoms with Crippen molar-refractivity contribution < 1.29 is 0 Å². The summed E-state index contributed by atoms with van der Waals surface area (Å²) in [6.07, 6.45) is 0. The molecule has 0 aromatic rings. The zero-order chi connectivity index (χ0) is 11.6. The van der Waals surface area contributed by atoms with E-state index in [-0.39, 0.29) is 11.5 Å². The van der Waals surface area contributed by atoms with Crippen LogP contribution in [-0.2, 0) is 0 Å². The van der Waals surface area contributed by atoms with Gasteiger partial charge in [0.25, 0.3) is 0 Å². The quantitative estimate of drug-likeness (QED) is 0.788. The highest BCUT2D eigenvalue weighted by Crippen LogP contribution is 2.30. The van der Waals surface area contributed by atoms with Gasteiger partial charge >= 0.3 is 0 Å². The van der Waals surface area contributed by atoms with Crippen molar-refractivity contribution in [3.8, 4) is 0 Å². The Morgan fingerprint density at radius 3 is 2.40 bits per heavy atom. The summed E-state index contributed by atoms with van der Waals surface area (Å²) in [6, 6.07) is 0.751. The number of hydrogen-bond donors (Lipinski definition) is 1. The number of thioether (sulfide) groups is 1. The van der Waals surface area contributed by atoms with Crippen LogP contribution in [-0.4, -0.2) is 41.1 Å². The van der Waals surface area contributed by atoms with Crippen LogP contribution in [0.4, 0.5) is 0 Å². The van der Waals surface area contributed by atoms with Gasteiger partial charge in [-0.25, -0.2) is 0 Å². The van der Waals surface area contributed by atoms with Gasteiger partial charge in [-0.1, -0.05) is 27.7 Å². The lowest BCUT2D eigenvalue weighted by molar-refractivity contribution is 0.0861. The summed E-state index contributed by atoms with van der Waals surface area (Å²) in [7, 11) is 0. The predicted molar refractivity (Wildman–Crippen MR) is 70.4 cm³/mol. The van der Waals surface area contributed by atoms with Crippen molar-refractivity contribution in [2.24, 2.45) is 11.1 Å². The number of nitrogens with two attached hydrogens (primary N) is 1. The Hall–Kier alpha value is 0.270. The zero-order valence-electron chi connectivity index (χ0n) is 10.8. The summed E-state index contributed by atoms with van der Waals surface area (Å²) in [5.74, 6) is 1.25. The molecule has 3 heteroatoms. The predicted octanol–water partition coefficient (Wildman–Crippen LogP) is 2.19. The van der Waals surface area contributed by atoms with E-state index < -0.39 is 0 Å². The SMILES string of the molecule is CC1CN(C(C(C)N)C(C)(C)C)CCS1. The molecule has 1 rings (SSSR count). The van der Waals surface area contributed by atoms with Gasteiger partial charge in [0.05, 0.1) is 0 Å². The van der Waals surface area contributed by atoms with E-state index in [1.165, 1.54) is 18.8 Å². The summed E-state index contributed by atoms with van der Waals surface area (Å²) in [4.78, 5) is 2.59. The molecule has 0 spiro atoms. The fourth-order valence-electron chi connectivity index (χ4n) is 2.77. The molecule has 1 aliphatic heterocycles. The minimum Gasteiger partial charge on any atom is -0.327 e. The van der Waals surface area contributed by atoms with Crippen molar-refractivity contribution in [3.05, 3.63) is 0 Å². The molecule has 1 fully saturated rings. The van der Waals surface area contributed by atoms with Gasteiger partial charge < -0.3 is 5.73 Å². The van der Waals surface area contributed by atoms with E-state index in [0.717, 1.165) is 5.25 Å². The molecular weight excluding hydrogens is 204 g/mol. The maximum atomic E-state index is 6.15. The third-order valence-electron chi connectivity index (χ3n) is 3.05. The van der Waals surface area contributed by atoms with Gasteiger partial charge in [0, 0.05) is 36.2 Å². The first-order valence-electron chi connectivity index (χ1n) is 5.93. The molecule has 1 heterocycles. The first-order valence-corrected chi connectivity index (χ1v) is 6.98. The van der Waals surface area contributed by atoms with E-state index in [1.54, 1.807) is 0 Å². The molecule has 0 aromatic heterocycles. The molecule has 15 heavy (non-hydrogen) atoms. The van der Waals surface area contributed by atoms with Crippen molar-refractivity contribution in [1.29, 1.82) is 0 Å². The van der Waals surface area contributed by atoms with Crippen LogP contribution in [0.5, 0.6) is 0 Å². The van der Waals surface area contributed by atoms with Crippen LogP contribution in [0, 0.1) is 5.41 Å². The molecule has 0 aromatic carbocycles. The number of nitrogens with zero attached hydrogens (tertiary/aromatic N) is 1. The molecule has 0 radical (unpaired) electrons. The van der Waals surface area contributed by atoms with E-state index in [4.69, 9.17) is 5.73 Å². The molecular formula is C12H26N2S. The summed E-state index contributed by atoms with van der Waals surface area (Å²) in [5.41, 5.74) is 6.42. The Morgan fingerprint density at radius 1 is 1.40 bits per heavy atom. The fourth-order valence-corrected chi connectivity index (χ4v) is 3.81. The van der Waals surface area contributed by atoms with Gasteiger partial charge in [-0.2, -0.15) is 11.8 Å². The molecule has 2 N–H and O–H groups in total. The molecule has 0 bridgehead atoms. The third kappa shape index (κ3) is 3.65. The standard InChI is InChI=1S/C12H26N2S/c1-9-8-14(6-7-15-9)11(10(2)13)12(3,4)5/h9-11H,6-8,13H2,1-5H3. The lowest BCUT2D eigenvalue weighted by Gasteiger charge is -2.45. The monoisotopic (exact) mass is 230 g/mol. The summed E-state index contributed by atoms with van der Waals surface area (Å²) in [6.45, 7) is 13.7. The molecule has 1 saturated heterocycles. The van der Waals surface area contributed by atoms with E-state index >= 15 is 0 Å². The smallest absolute Gasteiger partial charge is 0.0293 e. The largest absolute Gasteiger partial charge is 0.327 e. The minimum atomic E-state index is 0.250. The van der Waals surface area contributed by atoms with Crippen LogP contribution in [0.15, 0.2) is 0 Å². The summed E-state index contributed by atoms with van der Waals surface area (Å²) < 4.78 is 0. The summed E-state index contributed by atoms with van der Waals surface area (Å²) >= 11 is 2.08. The second kappa shape index (κ2) is 5.07. The fraction of sp³-hybridized carbons (Fsp3) is 1.00. The van der Waals surface area contributed by atoms with Crippen molar-refractivity contribution in [2.45, 2.75) is 52.0 Å². The Bertz CT molecular complexity index is 198.